The topological polar surface area (TPSA) is 425 Å². The highest BCUT2D eigenvalue weighted by Crippen LogP contribution is 1.93. The summed E-state index contributed by atoms with van der Waals surface area (Å²) in [6.45, 7) is 33.1. The van der Waals surface area contributed by atoms with Crippen molar-refractivity contribution in [2.75, 3.05) is 106 Å². The molecule has 0 radical (unpaired) electrons. The molecule has 3 atom stereocenters. The van der Waals surface area contributed by atoms with Crippen LogP contribution >= 0.6 is 0 Å². The lowest BCUT2D eigenvalue weighted by Crippen LogP contribution is -2.24. The van der Waals surface area contributed by atoms with Gasteiger partial charge < -0.3 is 98.8 Å². The zero-order chi connectivity index (χ0) is 63.6. The molecule has 0 aromatic carbocycles. The molecule has 0 aromatic rings. The Morgan fingerprint density at radius 3 is 1.00 bits per heavy atom. The van der Waals surface area contributed by atoms with E-state index in [1.165, 1.54) is 19.4 Å². The first kappa shape index (κ1) is 92.5. The van der Waals surface area contributed by atoms with Crippen molar-refractivity contribution in [1.82, 2.24) is 0 Å². The van der Waals surface area contributed by atoms with Crippen LogP contribution in [0.2, 0.25) is 0 Å². The Kier molecular flexibility index (Phi) is 96.5. The number of aliphatic hydroxyl groups is 11. The molecule has 0 saturated heterocycles. The summed E-state index contributed by atoms with van der Waals surface area (Å²) in [5.74, 6) is -3.59. The fourth-order valence-corrected chi connectivity index (χ4v) is 2.71. The molecule has 466 valence electrons. The predicted octanol–water partition coefficient (Wildman–Crippen LogP) is 0.0723. The summed E-state index contributed by atoms with van der Waals surface area (Å²) in [5, 5.41) is 92.1. The van der Waals surface area contributed by atoms with Crippen LogP contribution in [0.15, 0.2) is 114 Å². The van der Waals surface area contributed by atoms with Crippen molar-refractivity contribution in [3.8, 4) is 0 Å². The van der Waals surface area contributed by atoms with Gasteiger partial charge in [0, 0.05) is 68.8 Å². The molecule has 0 spiro atoms. The highest BCUT2D eigenvalue weighted by Gasteiger charge is 2.08. The van der Waals surface area contributed by atoms with Gasteiger partial charge in [-0.1, -0.05) is 66.1 Å². The van der Waals surface area contributed by atoms with Crippen molar-refractivity contribution in [3.63, 3.8) is 0 Å². The van der Waals surface area contributed by atoms with E-state index in [0.717, 1.165) is 55.4 Å². The molecular formula is C53H92O27. The molecule has 27 nitrogen and oxygen atoms in total. The number of hydrogen-bond donors (Lipinski definition) is 11. The van der Waals surface area contributed by atoms with Gasteiger partial charge in [-0.2, -0.15) is 0 Å². The maximum absolute atomic E-state index is 10.4. The van der Waals surface area contributed by atoms with Crippen LogP contribution in [0.25, 0.3) is 0 Å². The zero-order valence-electron chi connectivity index (χ0n) is 46.4. The third-order valence-electron chi connectivity index (χ3n) is 6.64. The molecule has 0 heterocycles. The number of rotatable bonds is 35. The molecule has 11 N–H and O–H groups in total. The smallest absolute Gasteiger partial charge is 0.330 e. The number of carbonyl (C=O) groups excluding carboxylic acids is 7. The van der Waals surface area contributed by atoms with Crippen LogP contribution < -0.4 is 0 Å². The Morgan fingerprint density at radius 1 is 0.375 bits per heavy atom. The number of ether oxygens (including phenoxy) is 9. The third-order valence-corrected chi connectivity index (χ3v) is 6.64. The standard InChI is InChI=1S/2C7H12O3.2C6H10O4.2C6H10O3.C6H12O2.C5H8O3.C4H8O2/c1-3-6(8)5-10-7(9)4-2;1-2-7(9)10-6-4-3-5-8;1-2-6(9)10-4-5(8)3-7;1-2-6(9)10-5(3-7)4-8;1-3-6(8)9-4-5(2)7;1-2-6(8)9-5-3-4-7;1-2-8-6-4-3-5-7;1-2-5(7)8-4-3-6;1-2-6-4-3-5/h4,6,8H,2-3,5H2,1H3;2,8H,1,3-6H2;2*2,5,7-8H,1,3-4H2;3,5,7H,1,4H2,2H3;2,7H,1,3-5H2;2,7H,1,3-6H2;2,6H,1,3-4H2;2,5H,1,3-4H2. The van der Waals surface area contributed by atoms with Crippen LogP contribution in [0, 0.1) is 0 Å². The Hall–Kier alpha value is -6.89. The summed E-state index contributed by atoms with van der Waals surface area (Å²) < 4.78 is 40.6. The maximum Gasteiger partial charge on any atom is 0.330 e. The van der Waals surface area contributed by atoms with Crippen molar-refractivity contribution in [2.24, 2.45) is 0 Å². The minimum absolute atomic E-state index is 0.0326. The molecule has 0 aliphatic heterocycles. The average molecular weight is 1160 g/mol. The fraction of sp³-hybridized carbons (Fsp3) is 0.528. The predicted molar refractivity (Wildman–Crippen MR) is 293 cm³/mol. The van der Waals surface area contributed by atoms with Gasteiger partial charge in [0.15, 0.2) is 0 Å². The van der Waals surface area contributed by atoms with E-state index in [-0.39, 0.29) is 79.3 Å². The summed E-state index contributed by atoms with van der Waals surface area (Å²) >= 11 is 0. The SMILES string of the molecule is C=CC(=O)OC(CO)CO.C=CC(=O)OCC(C)O.C=CC(=O)OCC(O)CC.C=CC(=O)OCC(O)CO.C=CC(=O)OCCCCO.C=CC(=O)OCCCO.C=CC(=O)OCCO.C=COCCCCO.C=COCCO. The quantitative estimate of drug-likeness (QED) is 0.0131. The number of unbranched alkanes of at least 4 members (excludes halogenated alkanes) is 2. The first-order chi connectivity index (χ1) is 38.1. The molecule has 0 aliphatic carbocycles. The van der Waals surface area contributed by atoms with Crippen molar-refractivity contribution in [1.29, 1.82) is 0 Å². The Morgan fingerprint density at radius 2 is 0.700 bits per heavy atom. The molecule has 0 amide bonds. The lowest BCUT2D eigenvalue weighted by atomic mass is 10.3. The van der Waals surface area contributed by atoms with Gasteiger partial charge in [-0.3, -0.25) is 0 Å². The Bertz CT molecular complexity index is 1520. The van der Waals surface area contributed by atoms with Gasteiger partial charge in [-0.25, -0.2) is 33.6 Å². The summed E-state index contributed by atoms with van der Waals surface area (Å²) in [7, 11) is 0. The van der Waals surface area contributed by atoms with Crippen molar-refractivity contribution in [2.45, 2.75) is 76.8 Å². The fourth-order valence-electron chi connectivity index (χ4n) is 2.71. The van der Waals surface area contributed by atoms with E-state index >= 15 is 0 Å². The van der Waals surface area contributed by atoms with Crippen LogP contribution in [0.5, 0.6) is 0 Å². The second kappa shape index (κ2) is 83.4. The molecule has 0 aromatic heterocycles. The second-order valence-corrected chi connectivity index (χ2v) is 13.5. The van der Waals surface area contributed by atoms with E-state index in [9.17, 15) is 33.6 Å². The highest BCUT2D eigenvalue weighted by atomic mass is 16.6. The van der Waals surface area contributed by atoms with E-state index in [1.54, 1.807) is 0 Å². The number of hydrogen-bond acceptors (Lipinski definition) is 27. The average Bonchev–Trinajstić information content (AvgIpc) is 3.48. The molecule has 27 heteroatoms. The Labute approximate surface area is 469 Å². The first-order valence-electron chi connectivity index (χ1n) is 24.0. The molecule has 80 heavy (non-hydrogen) atoms. The van der Waals surface area contributed by atoms with Gasteiger partial charge in [0.2, 0.25) is 0 Å². The zero-order valence-corrected chi connectivity index (χ0v) is 46.4. The largest absolute Gasteiger partial charge is 0.502 e. The van der Waals surface area contributed by atoms with Gasteiger partial charge in [-0.05, 0) is 39.0 Å². The van der Waals surface area contributed by atoms with E-state index in [4.69, 9.17) is 60.9 Å². The minimum Gasteiger partial charge on any atom is -0.502 e. The van der Waals surface area contributed by atoms with E-state index < -0.39 is 72.8 Å². The van der Waals surface area contributed by atoms with Crippen molar-refractivity contribution >= 4 is 41.8 Å². The summed E-state index contributed by atoms with van der Waals surface area (Å²) in [6, 6.07) is 0. The lowest BCUT2D eigenvalue weighted by molar-refractivity contribution is -0.147. The van der Waals surface area contributed by atoms with Crippen LogP contribution in [0.3, 0.4) is 0 Å². The van der Waals surface area contributed by atoms with Gasteiger partial charge in [0.1, 0.15) is 45.2 Å². The van der Waals surface area contributed by atoms with Gasteiger partial charge in [0.05, 0.1) is 77.6 Å². The van der Waals surface area contributed by atoms with Crippen LogP contribution in [0.1, 0.15) is 52.4 Å². The van der Waals surface area contributed by atoms with E-state index in [0.29, 0.717) is 45.5 Å². The molecule has 3 unspecified atom stereocenters. The normalized spacial score (nSPS) is 9.93. The molecule has 0 bridgehead atoms. The monoisotopic (exact) mass is 1160 g/mol. The molecule has 0 saturated carbocycles. The van der Waals surface area contributed by atoms with Gasteiger partial charge in [-0.15, -0.1) is 0 Å². The van der Waals surface area contributed by atoms with E-state index in [2.05, 4.69) is 97.1 Å². The number of esters is 7. The van der Waals surface area contributed by atoms with Crippen LogP contribution in [-0.2, 0) is 76.2 Å². The number of aliphatic hydroxyl groups excluding tert-OH is 11. The third kappa shape index (κ3) is 107. The summed E-state index contributed by atoms with van der Waals surface area (Å²) in [6.07, 6.45) is 11.3. The summed E-state index contributed by atoms with van der Waals surface area (Å²) in [4.78, 5) is 72.1. The lowest BCUT2D eigenvalue weighted by Gasteiger charge is -2.09. The molecule has 0 fully saturated rings. The first-order valence-corrected chi connectivity index (χ1v) is 24.0. The van der Waals surface area contributed by atoms with Crippen LogP contribution in [0.4, 0.5) is 0 Å². The van der Waals surface area contributed by atoms with Crippen LogP contribution in [-0.4, -0.2) is 228 Å². The van der Waals surface area contributed by atoms with Gasteiger partial charge >= 0.3 is 41.8 Å². The highest BCUT2D eigenvalue weighted by molar-refractivity contribution is 5.83. The second-order valence-electron chi connectivity index (χ2n) is 13.5. The molecule has 0 aliphatic rings. The van der Waals surface area contributed by atoms with Crippen molar-refractivity contribution in [3.05, 3.63) is 114 Å². The molecular weight excluding hydrogens is 1070 g/mol. The minimum atomic E-state index is -0.996. The van der Waals surface area contributed by atoms with E-state index in [1.807, 2.05) is 6.92 Å². The number of carbonyl (C=O) groups is 7. The maximum atomic E-state index is 10.4. The van der Waals surface area contributed by atoms with Crippen molar-refractivity contribution < 1.29 is 132 Å². The molecule has 0 rings (SSSR count). The Balaban J connectivity index is -0.000000102. The van der Waals surface area contributed by atoms with Gasteiger partial charge in [0.25, 0.3) is 0 Å². The summed E-state index contributed by atoms with van der Waals surface area (Å²) in [5.41, 5.74) is 0.